The van der Waals surface area contributed by atoms with E-state index < -0.39 is 0 Å². The second-order valence-electron chi connectivity index (χ2n) is 4.01. The van der Waals surface area contributed by atoms with Crippen LogP contribution >= 0.6 is 11.6 Å². The van der Waals surface area contributed by atoms with Crippen LogP contribution in [-0.2, 0) is 6.54 Å². The van der Waals surface area contributed by atoms with Gasteiger partial charge in [0.1, 0.15) is 23.7 Å². The van der Waals surface area contributed by atoms with Crippen LogP contribution in [0, 0.1) is 6.92 Å². The number of methoxy groups -OCH3 is 1. The minimum absolute atomic E-state index is 0.462. The van der Waals surface area contributed by atoms with Crippen molar-refractivity contribution >= 4 is 23.2 Å². The van der Waals surface area contributed by atoms with E-state index in [0.29, 0.717) is 23.2 Å². The fraction of sp³-hybridized carbons (Fsp3) is 0.231. The summed E-state index contributed by atoms with van der Waals surface area (Å²) >= 11 is 6.17. The zero-order chi connectivity index (χ0) is 13.8. The van der Waals surface area contributed by atoms with E-state index >= 15 is 0 Å². The number of nitrogens with zero attached hydrogens (tertiary/aromatic N) is 2. The van der Waals surface area contributed by atoms with Gasteiger partial charge in [-0.1, -0.05) is 17.7 Å². The summed E-state index contributed by atoms with van der Waals surface area (Å²) in [4.78, 5) is 8.07. The Balaban J connectivity index is 2.21. The molecule has 1 aromatic carbocycles. The van der Waals surface area contributed by atoms with Gasteiger partial charge in [-0.3, -0.25) is 0 Å². The predicted octanol–water partition coefficient (Wildman–Crippen LogP) is 2.64. The zero-order valence-corrected chi connectivity index (χ0v) is 11.5. The molecule has 3 N–H and O–H groups in total. The van der Waals surface area contributed by atoms with Gasteiger partial charge >= 0.3 is 0 Å². The summed E-state index contributed by atoms with van der Waals surface area (Å²) in [7, 11) is 1.61. The fourth-order valence-corrected chi connectivity index (χ4v) is 1.95. The minimum atomic E-state index is 0.462. The maximum absolute atomic E-state index is 6.17. The number of ether oxygens (including phenoxy) is 1. The smallest absolute Gasteiger partial charge is 0.134 e. The molecule has 0 amide bonds. The van der Waals surface area contributed by atoms with Gasteiger partial charge in [-0.2, -0.15) is 0 Å². The van der Waals surface area contributed by atoms with Gasteiger partial charge in [0.2, 0.25) is 0 Å². The van der Waals surface area contributed by atoms with Crippen LogP contribution in [0.3, 0.4) is 0 Å². The van der Waals surface area contributed by atoms with Crippen molar-refractivity contribution in [3.05, 3.63) is 40.7 Å². The summed E-state index contributed by atoms with van der Waals surface area (Å²) in [6, 6.07) is 5.53. The number of nitrogens with two attached hydrogens (primary N) is 1. The lowest BCUT2D eigenvalue weighted by atomic mass is 10.2. The molecule has 0 atom stereocenters. The molecule has 19 heavy (non-hydrogen) atoms. The zero-order valence-electron chi connectivity index (χ0n) is 10.8. The van der Waals surface area contributed by atoms with Crippen LogP contribution < -0.4 is 15.8 Å². The largest absolute Gasteiger partial charge is 0.496 e. The molecule has 0 saturated heterocycles. The Labute approximate surface area is 116 Å². The topological polar surface area (TPSA) is 73.1 Å². The van der Waals surface area contributed by atoms with Gasteiger partial charge in [0.25, 0.3) is 0 Å². The molecular weight excluding hydrogens is 264 g/mol. The van der Waals surface area contributed by atoms with Crippen molar-refractivity contribution in [1.82, 2.24) is 9.97 Å². The fourth-order valence-electron chi connectivity index (χ4n) is 1.72. The Morgan fingerprint density at radius 1 is 1.37 bits per heavy atom. The SMILES string of the molecule is COc1cccc(Cl)c1CNc1ncnc(N)c1C. The molecule has 1 heterocycles. The van der Waals surface area contributed by atoms with Gasteiger partial charge in [-0.15, -0.1) is 0 Å². The molecule has 0 unspecified atom stereocenters. The quantitative estimate of drug-likeness (QED) is 0.899. The first-order chi connectivity index (χ1) is 9.13. The Kier molecular flexibility index (Phi) is 4.06. The Morgan fingerprint density at radius 3 is 2.89 bits per heavy atom. The van der Waals surface area contributed by atoms with Gasteiger partial charge in [-0.05, 0) is 19.1 Å². The number of halogens is 1. The molecule has 0 spiro atoms. The number of nitrogen functional groups attached to an aromatic ring is 1. The third-order valence-corrected chi connectivity index (χ3v) is 3.21. The second-order valence-corrected chi connectivity index (χ2v) is 4.41. The number of hydrogen-bond acceptors (Lipinski definition) is 5. The van der Waals surface area contributed by atoms with E-state index in [0.717, 1.165) is 16.9 Å². The van der Waals surface area contributed by atoms with E-state index in [1.54, 1.807) is 7.11 Å². The molecule has 100 valence electrons. The van der Waals surface area contributed by atoms with E-state index in [4.69, 9.17) is 22.1 Å². The number of aromatic nitrogens is 2. The van der Waals surface area contributed by atoms with Gasteiger partial charge < -0.3 is 15.8 Å². The van der Waals surface area contributed by atoms with E-state index in [1.807, 2.05) is 25.1 Å². The first-order valence-electron chi connectivity index (χ1n) is 5.75. The van der Waals surface area contributed by atoms with Crippen molar-refractivity contribution < 1.29 is 4.74 Å². The lowest BCUT2D eigenvalue weighted by Gasteiger charge is -2.13. The molecular formula is C13H15ClN4O. The van der Waals surface area contributed by atoms with Crippen LogP contribution in [0.15, 0.2) is 24.5 Å². The molecule has 0 aliphatic carbocycles. The molecule has 1 aromatic heterocycles. The highest BCUT2D eigenvalue weighted by Crippen LogP contribution is 2.27. The number of nitrogens with one attached hydrogen (secondary N) is 1. The van der Waals surface area contributed by atoms with Crippen LogP contribution in [0.5, 0.6) is 5.75 Å². The Morgan fingerprint density at radius 2 is 2.16 bits per heavy atom. The number of benzene rings is 1. The van der Waals surface area contributed by atoms with Crippen molar-refractivity contribution in [2.75, 3.05) is 18.2 Å². The van der Waals surface area contributed by atoms with Crippen LogP contribution in [-0.4, -0.2) is 17.1 Å². The van der Waals surface area contributed by atoms with Crippen LogP contribution in [0.4, 0.5) is 11.6 Å². The Hall–Kier alpha value is -2.01. The monoisotopic (exact) mass is 278 g/mol. The van der Waals surface area contributed by atoms with Crippen LogP contribution in [0.25, 0.3) is 0 Å². The van der Waals surface area contributed by atoms with Crippen LogP contribution in [0.2, 0.25) is 5.02 Å². The summed E-state index contributed by atoms with van der Waals surface area (Å²) < 4.78 is 5.29. The third kappa shape index (κ3) is 2.88. The molecule has 0 saturated carbocycles. The van der Waals surface area contributed by atoms with Gasteiger partial charge in [-0.25, -0.2) is 9.97 Å². The van der Waals surface area contributed by atoms with Gasteiger partial charge in [0.15, 0.2) is 0 Å². The van der Waals surface area contributed by atoms with Gasteiger partial charge in [0.05, 0.1) is 7.11 Å². The first kappa shape index (κ1) is 13.4. The summed E-state index contributed by atoms with van der Waals surface area (Å²) in [6.07, 6.45) is 1.43. The molecule has 2 rings (SSSR count). The Bertz CT molecular complexity index is 589. The molecule has 0 aliphatic heterocycles. The molecule has 0 bridgehead atoms. The predicted molar refractivity (Wildman–Crippen MR) is 76.5 cm³/mol. The van der Waals surface area contributed by atoms with E-state index in [1.165, 1.54) is 6.33 Å². The van der Waals surface area contributed by atoms with Crippen molar-refractivity contribution in [1.29, 1.82) is 0 Å². The maximum Gasteiger partial charge on any atom is 0.134 e. The van der Waals surface area contributed by atoms with Gasteiger partial charge in [0, 0.05) is 22.7 Å². The molecule has 0 radical (unpaired) electrons. The molecule has 6 heteroatoms. The maximum atomic E-state index is 6.17. The van der Waals surface area contributed by atoms with Crippen molar-refractivity contribution in [2.24, 2.45) is 0 Å². The lowest BCUT2D eigenvalue weighted by molar-refractivity contribution is 0.410. The minimum Gasteiger partial charge on any atom is -0.496 e. The van der Waals surface area contributed by atoms with Crippen molar-refractivity contribution in [3.63, 3.8) is 0 Å². The van der Waals surface area contributed by atoms with Crippen molar-refractivity contribution in [2.45, 2.75) is 13.5 Å². The second kappa shape index (κ2) is 5.75. The normalized spacial score (nSPS) is 10.3. The van der Waals surface area contributed by atoms with E-state index in [-0.39, 0.29) is 0 Å². The average molecular weight is 279 g/mol. The number of rotatable bonds is 4. The summed E-state index contributed by atoms with van der Waals surface area (Å²) in [5.74, 6) is 1.89. The van der Waals surface area contributed by atoms with Crippen molar-refractivity contribution in [3.8, 4) is 5.75 Å². The van der Waals surface area contributed by atoms with E-state index in [2.05, 4.69) is 15.3 Å². The standard InChI is InChI=1S/C13H15ClN4O/c1-8-12(15)17-7-18-13(8)16-6-9-10(14)4-3-5-11(9)19-2/h3-5,7H,6H2,1-2H3,(H3,15,16,17,18). The molecule has 5 nitrogen and oxygen atoms in total. The summed E-state index contributed by atoms with van der Waals surface area (Å²) in [5.41, 5.74) is 7.43. The molecule has 0 fully saturated rings. The molecule has 0 aliphatic rings. The number of hydrogen-bond donors (Lipinski definition) is 2. The third-order valence-electron chi connectivity index (χ3n) is 2.85. The van der Waals surface area contributed by atoms with Crippen LogP contribution in [0.1, 0.15) is 11.1 Å². The lowest BCUT2D eigenvalue weighted by Crippen LogP contribution is -2.07. The van der Waals surface area contributed by atoms with E-state index in [9.17, 15) is 0 Å². The first-order valence-corrected chi connectivity index (χ1v) is 6.13. The number of anilines is 2. The average Bonchev–Trinajstić information content (AvgIpc) is 2.41. The highest BCUT2D eigenvalue weighted by Gasteiger charge is 2.09. The summed E-state index contributed by atoms with van der Waals surface area (Å²) in [6.45, 7) is 2.36. The highest BCUT2D eigenvalue weighted by atomic mass is 35.5. The summed E-state index contributed by atoms with van der Waals surface area (Å²) in [5, 5.41) is 3.83. The highest BCUT2D eigenvalue weighted by molar-refractivity contribution is 6.31. The molecule has 2 aromatic rings.